The van der Waals surface area contributed by atoms with Crippen molar-refractivity contribution in [2.24, 2.45) is 0 Å². The Morgan fingerprint density at radius 2 is 0.816 bits per heavy atom. The summed E-state index contributed by atoms with van der Waals surface area (Å²) in [4.78, 5) is 24.3. The minimum atomic E-state index is -0.775. The number of carbonyl (C=O) groups excluding carboxylic acids is 2. The Morgan fingerprint density at radius 3 is 1.27 bits per heavy atom. The van der Waals surface area contributed by atoms with Crippen molar-refractivity contribution >= 4 is 11.9 Å². The highest BCUT2D eigenvalue weighted by atomic mass is 16.6. The summed E-state index contributed by atoms with van der Waals surface area (Å²) in [5.41, 5.74) is 0. The second-order valence-electron chi connectivity index (χ2n) is 14.1. The van der Waals surface area contributed by atoms with Crippen LogP contribution in [0.15, 0.2) is 36.5 Å². The Hall–Kier alpha value is -1.88. The molecule has 0 saturated heterocycles. The molecule has 0 aromatic carbocycles. The van der Waals surface area contributed by atoms with Gasteiger partial charge < -0.3 is 14.6 Å². The van der Waals surface area contributed by atoms with Crippen LogP contribution in [0, 0.1) is 0 Å². The lowest BCUT2D eigenvalue weighted by molar-refractivity contribution is -0.161. The van der Waals surface area contributed by atoms with Crippen LogP contribution in [0.4, 0.5) is 0 Å². The summed E-state index contributed by atoms with van der Waals surface area (Å²) < 4.78 is 10.6. The Kier molecular flexibility index (Phi) is 39.0. The predicted octanol–water partition coefficient (Wildman–Crippen LogP) is 13.2. The molecule has 0 bridgehead atoms. The lowest BCUT2D eigenvalue weighted by atomic mass is 10.1. The van der Waals surface area contributed by atoms with Gasteiger partial charge in [-0.2, -0.15) is 0 Å². The molecule has 0 amide bonds. The molecule has 5 nitrogen and oxygen atoms in total. The smallest absolute Gasteiger partial charge is 0.306 e. The molecule has 0 aliphatic rings. The van der Waals surface area contributed by atoms with Crippen LogP contribution in [0.2, 0.25) is 0 Å². The number of carbonyl (C=O) groups is 2. The Labute approximate surface area is 304 Å². The van der Waals surface area contributed by atoms with Crippen LogP contribution in [0.3, 0.4) is 0 Å². The van der Waals surface area contributed by atoms with E-state index in [0.29, 0.717) is 12.8 Å². The number of aliphatic hydroxyl groups excluding tert-OH is 1. The molecule has 0 aromatic heterocycles. The first-order chi connectivity index (χ1) is 24.1. The summed E-state index contributed by atoms with van der Waals surface area (Å²) in [6.07, 6.45) is 49.2. The first-order valence-electron chi connectivity index (χ1n) is 21.0. The number of hydrogen-bond acceptors (Lipinski definition) is 5. The van der Waals surface area contributed by atoms with E-state index in [4.69, 9.17) is 9.47 Å². The van der Waals surface area contributed by atoms with Crippen molar-refractivity contribution in [3.05, 3.63) is 36.5 Å². The van der Waals surface area contributed by atoms with Crippen LogP contribution in [0.1, 0.15) is 213 Å². The number of ether oxygens (including phenoxy) is 2. The SMILES string of the molecule is CCCCC/C=C\C/C=C\CCCCCCCCCC(=O)OC(CO)COC(=O)CCCCCCCCC/C=C\CCCCCCCCC. The molecule has 49 heavy (non-hydrogen) atoms. The van der Waals surface area contributed by atoms with E-state index in [1.165, 1.54) is 135 Å². The fourth-order valence-corrected chi connectivity index (χ4v) is 5.93. The molecule has 1 unspecified atom stereocenters. The summed E-state index contributed by atoms with van der Waals surface area (Å²) in [6, 6.07) is 0. The van der Waals surface area contributed by atoms with Crippen LogP contribution in [-0.4, -0.2) is 36.4 Å². The molecule has 0 radical (unpaired) electrons. The zero-order valence-corrected chi connectivity index (χ0v) is 32.5. The molecule has 0 spiro atoms. The van der Waals surface area contributed by atoms with Crippen LogP contribution in [0.25, 0.3) is 0 Å². The third kappa shape index (κ3) is 38.8. The lowest BCUT2D eigenvalue weighted by Gasteiger charge is -2.15. The molecule has 0 fully saturated rings. The summed E-state index contributed by atoms with van der Waals surface area (Å²) in [5.74, 6) is -0.601. The van der Waals surface area contributed by atoms with Gasteiger partial charge in [-0.05, 0) is 70.6 Å². The molecule has 0 aliphatic heterocycles. The predicted molar refractivity (Wildman–Crippen MR) is 210 cm³/mol. The van der Waals surface area contributed by atoms with Gasteiger partial charge in [0.1, 0.15) is 6.61 Å². The average molecular weight is 689 g/mol. The number of rotatable bonds is 38. The maximum atomic E-state index is 12.2. The molecule has 0 saturated carbocycles. The van der Waals surface area contributed by atoms with Crippen LogP contribution < -0.4 is 0 Å². The maximum Gasteiger partial charge on any atom is 0.306 e. The third-order valence-electron chi connectivity index (χ3n) is 9.16. The van der Waals surface area contributed by atoms with Gasteiger partial charge in [0.25, 0.3) is 0 Å². The van der Waals surface area contributed by atoms with E-state index in [1.54, 1.807) is 0 Å². The second kappa shape index (κ2) is 40.5. The van der Waals surface area contributed by atoms with E-state index in [1.807, 2.05) is 0 Å². The second-order valence-corrected chi connectivity index (χ2v) is 14.1. The fourth-order valence-electron chi connectivity index (χ4n) is 5.93. The summed E-state index contributed by atoms with van der Waals surface area (Å²) in [7, 11) is 0. The standard InChI is InChI=1S/C44H80O5/c1-3-5-7-9-11-13-15-17-19-21-23-24-26-28-30-32-34-36-38-43(46)48-41-42(40-45)49-44(47)39-37-35-33-31-29-27-25-22-20-18-16-14-12-10-8-6-4-2/h12,14,18-21,42,45H,3-11,13,15-17,22-41H2,1-2H3/b14-12-,20-18-,21-19-. The Morgan fingerprint density at radius 1 is 0.469 bits per heavy atom. The first-order valence-corrected chi connectivity index (χ1v) is 21.0. The van der Waals surface area contributed by atoms with Gasteiger partial charge in [0, 0.05) is 12.8 Å². The summed E-state index contributed by atoms with van der Waals surface area (Å²) >= 11 is 0. The van der Waals surface area contributed by atoms with Gasteiger partial charge in [0.2, 0.25) is 0 Å². The summed E-state index contributed by atoms with van der Waals surface area (Å²) in [5, 5.41) is 9.57. The molecular formula is C44H80O5. The quantitative estimate of drug-likeness (QED) is 0.0397. The van der Waals surface area contributed by atoms with Crippen LogP contribution >= 0.6 is 0 Å². The zero-order valence-electron chi connectivity index (χ0n) is 32.5. The van der Waals surface area contributed by atoms with Crippen molar-refractivity contribution in [1.29, 1.82) is 0 Å². The van der Waals surface area contributed by atoms with E-state index >= 15 is 0 Å². The Bertz CT molecular complexity index is 786. The molecule has 0 aromatic rings. The van der Waals surface area contributed by atoms with Crippen molar-refractivity contribution in [3.8, 4) is 0 Å². The summed E-state index contributed by atoms with van der Waals surface area (Å²) in [6.45, 7) is 4.11. The highest BCUT2D eigenvalue weighted by Crippen LogP contribution is 2.13. The molecule has 5 heteroatoms. The zero-order chi connectivity index (χ0) is 35.7. The van der Waals surface area contributed by atoms with E-state index in [-0.39, 0.29) is 25.2 Å². The van der Waals surface area contributed by atoms with E-state index in [2.05, 4.69) is 50.3 Å². The van der Waals surface area contributed by atoms with E-state index in [9.17, 15) is 14.7 Å². The van der Waals surface area contributed by atoms with Gasteiger partial charge >= 0.3 is 11.9 Å². The van der Waals surface area contributed by atoms with Crippen molar-refractivity contribution in [2.75, 3.05) is 13.2 Å². The normalized spacial score (nSPS) is 12.5. The minimum absolute atomic E-state index is 0.0699. The van der Waals surface area contributed by atoms with Crippen molar-refractivity contribution in [2.45, 2.75) is 219 Å². The number of allylic oxidation sites excluding steroid dienone is 6. The van der Waals surface area contributed by atoms with Gasteiger partial charge in [0.15, 0.2) is 6.10 Å². The molecule has 0 rings (SSSR count). The average Bonchev–Trinajstić information content (AvgIpc) is 3.10. The largest absolute Gasteiger partial charge is 0.462 e. The van der Waals surface area contributed by atoms with Gasteiger partial charge in [-0.15, -0.1) is 0 Å². The maximum absolute atomic E-state index is 12.2. The number of aliphatic hydroxyl groups is 1. The van der Waals surface area contributed by atoms with Gasteiger partial charge in [0.05, 0.1) is 6.61 Å². The molecule has 0 aliphatic carbocycles. The fraction of sp³-hybridized carbons (Fsp3) is 0.818. The number of unbranched alkanes of at least 4 members (excludes halogenated alkanes) is 24. The van der Waals surface area contributed by atoms with E-state index in [0.717, 1.165) is 51.4 Å². The monoisotopic (exact) mass is 689 g/mol. The lowest BCUT2D eigenvalue weighted by Crippen LogP contribution is -2.28. The number of esters is 2. The van der Waals surface area contributed by atoms with Crippen LogP contribution in [-0.2, 0) is 19.1 Å². The van der Waals surface area contributed by atoms with Gasteiger partial charge in [-0.3, -0.25) is 9.59 Å². The molecule has 0 heterocycles. The third-order valence-corrected chi connectivity index (χ3v) is 9.16. The molecule has 1 atom stereocenters. The molecule has 286 valence electrons. The van der Waals surface area contributed by atoms with Gasteiger partial charge in [-0.1, -0.05) is 166 Å². The highest BCUT2D eigenvalue weighted by molar-refractivity contribution is 5.70. The van der Waals surface area contributed by atoms with E-state index < -0.39 is 6.10 Å². The highest BCUT2D eigenvalue weighted by Gasteiger charge is 2.16. The van der Waals surface area contributed by atoms with Gasteiger partial charge in [-0.25, -0.2) is 0 Å². The topological polar surface area (TPSA) is 72.8 Å². The van der Waals surface area contributed by atoms with Crippen molar-refractivity contribution in [1.82, 2.24) is 0 Å². The molecule has 1 N–H and O–H groups in total. The van der Waals surface area contributed by atoms with Crippen molar-refractivity contribution in [3.63, 3.8) is 0 Å². The number of hydrogen-bond donors (Lipinski definition) is 1. The van der Waals surface area contributed by atoms with Crippen molar-refractivity contribution < 1.29 is 24.2 Å². The van der Waals surface area contributed by atoms with Crippen LogP contribution in [0.5, 0.6) is 0 Å². The Balaban J connectivity index is 3.55. The molecular weight excluding hydrogens is 608 g/mol. The minimum Gasteiger partial charge on any atom is -0.462 e. The first kappa shape index (κ1) is 47.1.